The minimum Gasteiger partial charge on any atom is -0.473 e. The molecule has 172 valence electrons. The molecule has 0 bridgehead atoms. The number of nitrogens with one attached hydrogen (secondary N) is 3. The molecule has 2 fully saturated rings. The average molecular weight is 470 g/mol. The summed E-state index contributed by atoms with van der Waals surface area (Å²) in [7, 11) is 0. The molecule has 2 aromatic carbocycles. The fourth-order valence-corrected chi connectivity index (χ4v) is 4.06. The first-order valence-electron chi connectivity index (χ1n) is 10.3. The predicted molar refractivity (Wildman–Crippen MR) is 114 cm³/mol. The third-order valence-corrected chi connectivity index (χ3v) is 5.91. The number of benzene rings is 2. The topological polar surface area (TPSA) is 71.6 Å². The van der Waals surface area contributed by atoms with Gasteiger partial charge in [0.1, 0.15) is 5.75 Å². The molecule has 4 rings (SSSR count). The summed E-state index contributed by atoms with van der Waals surface area (Å²) in [4.78, 5) is 12.5. The van der Waals surface area contributed by atoms with E-state index in [1.54, 1.807) is 30.3 Å². The fourth-order valence-electron chi connectivity index (χ4n) is 3.94. The Morgan fingerprint density at radius 3 is 2.56 bits per heavy atom. The number of carbonyl (C=O) groups is 1. The maximum absolute atomic E-state index is 13.8. The van der Waals surface area contributed by atoms with E-state index in [9.17, 15) is 18.0 Å². The second-order valence-corrected chi connectivity index (χ2v) is 8.20. The highest BCUT2D eigenvalue weighted by atomic mass is 35.5. The predicted octanol–water partition coefficient (Wildman–Crippen LogP) is 4.80. The van der Waals surface area contributed by atoms with E-state index in [1.807, 2.05) is 0 Å². The van der Waals surface area contributed by atoms with E-state index in [0.29, 0.717) is 23.7 Å². The summed E-state index contributed by atoms with van der Waals surface area (Å²) in [5.41, 5.74) is -1.86. The molecule has 6 nitrogen and oxygen atoms in total. The zero-order chi connectivity index (χ0) is 22.8. The van der Waals surface area contributed by atoms with E-state index >= 15 is 0 Å². The van der Waals surface area contributed by atoms with Crippen molar-refractivity contribution in [1.29, 1.82) is 0 Å². The smallest absolute Gasteiger partial charge is 0.421 e. The molecule has 0 radical (unpaired) electrons. The van der Waals surface area contributed by atoms with Crippen molar-refractivity contribution >= 4 is 23.3 Å². The molecule has 32 heavy (non-hydrogen) atoms. The summed E-state index contributed by atoms with van der Waals surface area (Å²) >= 11 is 5.86. The molecule has 2 aromatic rings. The van der Waals surface area contributed by atoms with Crippen molar-refractivity contribution in [1.82, 2.24) is 10.6 Å². The lowest BCUT2D eigenvalue weighted by Crippen LogP contribution is -2.57. The van der Waals surface area contributed by atoms with Gasteiger partial charge in [0.15, 0.2) is 11.8 Å². The number of halogens is 4. The Balaban J connectivity index is 1.48. The van der Waals surface area contributed by atoms with Crippen molar-refractivity contribution in [2.75, 3.05) is 18.5 Å². The van der Waals surface area contributed by atoms with E-state index < -0.39 is 30.1 Å². The van der Waals surface area contributed by atoms with E-state index in [2.05, 4.69) is 16.0 Å². The van der Waals surface area contributed by atoms with Gasteiger partial charge in [0.25, 0.3) is 0 Å². The van der Waals surface area contributed by atoms with Crippen LogP contribution < -0.4 is 20.7 Å². The SMILES string of the molecule is O=C(Nc1ccc(Cl)cc1)NC1CCCNC1Oc1ccccc1C1(C(F)(F)F)CCO1. The van der Waals surface area contributed by atoms with Crippen molar-refractivity contribution in [3.8, 4) is 5.75 Å². The monoisotopic (exact) mass is 469 g/mol. The van der Waals surface area contributed by atoms with Gasteiger partial charge in [-0.05, 0) is 49.7 Å². The lowest BCUT2D eigenvalue weighted by molar-refractivity contribution is -0.334. The van der Waals surface area contributed by atoms with Gasteiger partial charge < -0.3 is 20.1 Å². The lowest BCUT2D eigenvalue weighted by Gasteiger charge is -2.44. The highest BCUT2D eigenvalue weighted by Gasteiger charge is 2.62. The first-order chi connectivity index (χ1) is 15.3. The van der Waals surface area contributed by atoms with Crippen molar-refractivity contribution in [2.24, 2.45) is 0 Å². The molecule has 10 heteroatoms. The van der Waals surface area contributed by atoms with E-state index in [4.69, 9.17) is 21.1 Å². The van der Waals surface area contributed by atoms with Gasteiger partial charge in [-0.15, -0.1) is 0 Å². The third-order valence-electron chi connectivity index (χ3n) is 5.66. The molecular weight excluding hydrogens is 447 g/mol. The molecule has 0 spiro atoms. The normalized spacial score (nSPS) is 25.5. The third kappa shape index (κ3) is 4.65. The maximum atomic E-state index is 13.8. The number of rotatable bonds is 5. The number of hydrogen-bond acceptors (Lipinski definition) is 4. The van der Waals surface area contributed by atoms with Crippen LogP contribution in [0.1, 0.15) is 24.8 Å². The molecular formula is C22H23ClF3N3O3. The molecule has 3 N–H and O–H groups in total. The Morgan fingerprint density at radius 2 is 1.91 bits per heavy atom. The minimum atomic E-state index is -4.57. The number of ether oxygens (including phenoxy) is 2. The van der Waals surface area contributed by atoms with Gasteiger partial charge in [-0.3, -0.25) is 5.32 Å². The van der Waals surface area contributed by atoms with Crippen molar-refractivity contribution in [2.45, 2.75) is 43.3 Å². The summed E-state index contributed by atoms with van der Waals surface area (Å²) in [5, 5.41) is 9.25. The van der Waals surface area contributed by atoms with Crippen molar-refractivity contribution < 1.29 is 27.4 Å². The first-order valence-corrected chi connectivity index (χ1v) is 10.7. The first kappa shape index (κ1) is 22.7. The Morgan fingerprint density at radius 1 is 1.19 bits per heavy atom. The standard InChI is InChI=1S/C22H23ClF3N3O3/c23-14-7-9-15(10-8-14)28-20(30)29-17-5-3-12-27-19(17)32-18-6-2-1-4-16(18)21(11-13-31-21)22(24,25)26/h1-2,4,6-10,17,19,27H,3,5,11-13H2,(H2,28,29,30). The second-order valence-electron chi connectivity index (χ2n) is 7.77. The van der Waals surface area contributed by atoms with Crippen LogP contribution in [0.25, 0.3) is 0 Å². The van der Waals surface area contributed by atoms with Crippen LogP contribution in [0.4, 0.5) is 23.7 Å². The fraction of sp³-hybridized carbons (Fsp3) is 0.409. The largest absolute Gasteiger partial charge is 0.473 e. The molecule has 2 heterocycles. The molecule has 0 saturated carbocycles. The molecule has 2 amide bonds. The highest BCUT2D eigenvalue weighted by Crippen LogP contribution is 2.52. The summed E-state index contributed by atoms with van der Waals surface area (Å²) in [6.45, 7) is 0.648. The van der Waals surface area contributed by atoms with E-state index in [0.717, 1.165) is 6.42 Å². The number of urea groups is 1. The zero-order valence-corrected chi connectivity index (χ0v) is 17.8. The lowest BCUT2D eigenvalue weighted by atomic mass is 9.85. The van der Waals surface area contributed by atoms with Crippen molar-refractivity contribution in [3.63, 3.8) is 0 Å². The van der Waals surface area contributed by atoms with Crippen LogP contribution in [0.15, 0.2) is 48.5 Å². The number of amides is 2. The Kier molecular flexibility index (Phi) is 6.50. The van der Waals surface area contributed by atoms with Gasteiger partial charge in [-0.1, -0.05) is 29.8 Å². The summed E-state index contributed by atoms with van der Waals surface area (Å²) in [6.07, 6.45) is -4.05. The number of carbonyl (C=O) groups excluding carboxylic acids is 1. The summed E-state index contributed by atoms with van der Waals surface area (Å²) in [5.74, 6) is 0.0776. The summed E-state index contributed by atoms with van der Waals surface area (Å²) in [6, 6.07) is 11.8. The van der Waals surface area contributed by atoms with Gasteiger partial charge >= 0.3 is 12.2 Å². The van der Waals surface area contributed by atoms with Gasteiger partial charge in [0.05, 0.1) is 12.6 Å². The Hall–Kier alpha value is -2.49. The molecule has 3 unspecified atom stereocenters. The second kappa shape index (κ2) is 9.17. The molecule has 0 aliphatic carbocycles. The quantitative estimate of drug-likeness (QED) is 0.588. The van der Waals surface area contributed by atoms with Crippen LogP contribution in [-0.2, 0) is 10.3 Å². The number of anilines is 1. The number of alkyl halides is 3. The van der Waals surface area contributed by atoms with Gasteiger partial charge in [0, 0.05) is 22.7 Å². The Labute approximate surface area is 188 Å². The van der Waals surface area contributed by atoms with Gasteiger partial charge in [-0.25, -0.2) is 4.79 Å². The molecule has 2 aliphatic rings. The molecule has 2 aliphatic heterocycles. The maximum Gasteiger partial charge on any atom is 0.421 e. The zero-order valence-electron chi connectivity index (χ0n) is 17.0. The number of piperidine rings is 1. The van der Waals surface area contributed by atoms with Crippen LogP contribution in [0.2, 0.25) is 5.02 Å². The summed E-state index contributed by atoms with van der Waals surface area (Å²) < 4.78 is 52.5. The minimum absolute atomic E-state index is 0.0323. The van der Waals surface area contributed by atoms with E-state index in [-0.39, 0.29) is 24.3 Å². The molecule has 0 aromatic heterocycles. The Bertz CT molecular complexity index is 951. The van der Waals surface area contributed by atoms with Crippen LogP contribution in [0, 0.1) is 0 Å². The molecule has 2 saturated heterocycles. The van der Waals surface area contributed by atoms with Crippen molar-refractivity contribution in [3.05, 3.63) is 59.1 Å². The van der Waals surface area contributed by atoms with Gasteiger partial charge in [0.2, 0.25) is 0 Å². The van der Waals surface area contributed by atoms with Crippen LogP contribution in [-0.4, -0.2) is 37.6 Å². The van der Waals surface area contributed by atoms with Gasteiger partial charge in [-0.2, -0.15) is 13.2 Å². The van der Waals surface area contributed by atoms with Crippen LogP contribution >= 0.6 is 11.6 Å². The van der Waals surface area contributed by atoms with E-state index in [1.165, 1.54) is 18.2 Å². The average Bonchev–Trinajstić information content (AvgIpc) is 2.70. The number of para-hydroxylation sites is 1. The van der Waals surface area contributed by atoms with Crippen LogP contribution in [0.3, 0.4) is 0 Å². The van der Waals surface area contributed by atoms with Crippen LogP contribution in [0.5, 0.6) is 5.75 Å². The number of hydrogen-bond donors (Lipinski definition) is 3. The molecule has 3 atom stereocenters. The highest BCUT2D eigenvalue weighted by molar-refractivity contribution is 6.30.